The molecule has 1 aromatic rings. The molecule has 1 aromatic carbocycles. The van der Waals surface area contributed by atoms with Crippen molar-refractivity contribution in [2.45, 2.75) is 51.2 Å². The van der Waals surface area contributed by atoms with Crippen LogP contribution < -0.4 is 15.8 Å². The Morgan fingerprint density at radius 3 is 2.67 bits per heavy atom. The first kappa shape index (κ1) is 17.7. The Hall–Kier alpha value is -1.07. The summed E-state index contributed by atoms with van der Waals surface area (Å²) in [6.07, 6.45) is 5.46. The second-order valence-corrected chi connectivity index (χ2v) is 8.16. The second kappa shape index (κ2) is 7.87. The van der Waals surface area contributed by atoms with Crippen LogP contribution in [0.2, 0.25) is 0 Å². The molecule has 2 saturated carbocycles. The first-order chi connectivity index (χ1) is 11.5. The molecule has 2 aliphatic rings. The highest BCUT2D eigenvalue weighted by Gasteiger charge is 2.40. The van der Waals surface area contributed by atoms with Crippen molar-refractivity contribution in [1.82, 2.24) is 5.32 Å². The zero-order valence-corrected chi connectivity index (χ0v) is 15.8. The molecule has 4 nitrogen and oxygen atoms in total. The standard InChI is InChI=1S/C19H27BrN2O2/c1-12(24-17-8-3-2-7-16(17)20)11-22-19(23)15-9-13-5-4-6-14(10-15)18(13)21/h2-3,7-8,12-15,18H,4-6,9-11,21H2,1H3,(H,22,23). The predicted molar refractivity (Wildman–Crippen MR) is 98.8 cm³/mol. The van der Waals surface area contributed by atoms with Gasteiger partial charge in [0, 0.05) is 12.0 Å². The number of hydrogen-bond donors (Lipinski definition) is 2. The molecule has 2 fully saturated rings. The highest BCUT2D eigenvalue weighted by molar-refractivity contribution is 9.10. The number of rotatable bonds is 5. The predicted octanol–water partition coefficient (Wildman–Crippen LogP) is 3.49. The number of carbonyl (C=O) groups is 1. The van der Waals surface area contributed by atoms with E-state index in [9.17, 15) is 4.79 Å². The van der Waals surface area contributed by atoms with Crippen LogP contribution in [0.3, 0.4) is 0 Å². The van der Waals surface area contributed by atoms with Gasteiger partial charge in [-0.1, -0.05) is 18.6 Å². The van der Waals surface area contributed by atoms with Crippen molar-refractivity contribution in [1.29, 1.82) is 0 Å². The van der Waals surface area contributed by atoms with Gasteiger partial charge in [0.05, 0.1) is 11.0 Å². The summed E-state index contributed by atoms with van der Waals surface area (Å²) >= 11 is 3.48. The van der Waals surface area contributed by atoms with E-state index in [0.717, 1.165) is 23.1 Å². The number of amides is 1. The number of para-hydroxylation sites is 1. The number of benzene rings is 1. The van der Waals surface area contributed by atoms with Crippen LogP contribution in [0.4, 0.5) is 0 Å². The lowest BCUT2D eigenvalue weighted by molar-refractivity contribution is -0.128. The van der Waals surface area contributed by atoms with E-state index >= 15 is 0 Å². The maximum absolute atomic E-state index is 12.5. The molecule has 1 amide bonds. The zero-order valence-electron chi connectivity index (χ0n) is 14.2. The molecule has 2 bridgehead atoms. The molecule has 0 saturated heterocycles. The van der Waals surface area contributed by atoms with Crippen molar-refractivity contribution in [2.75, 3.05) is 6.54 Å². The van der Waals surface area contributed by atoms with E-state index in [2.05, 4.69) is 21.2 Å². The second-order valence-electron chi connectivity index (χ2n) is 7.30. The lowest BCUT2D eigenvalue weighted by Crippen LogP contribution is -2.49. The van der Waals surface area contributed by atoms with Gasteiger partial charge in [0.25, 0.3) is 0 Å². The van der Waals surface area contributed by atoms with Crippen LogP contribution in [0, 0.1) is 17.8 Å². The monoisotopic (exact) mass is 394 g/mol. The molecule has 0 aromatic heterocycles. The summed E-state index contributed by atoms with van der Waals surface area (Å²) in [6.45, 7) is 2.50. The van der Waals surface area contributed by atoms with Crippen LogP contribution in [-0.2, 0) is 4.79 Å². The van der Waals surface area contributed by atoms with Gasteiger partial charge < -0.3 is 15.8 Å². The third-order valence-corrected chi connectivity index (χ3v) is 6.17. The lowest BCUT2D eigenvalue weighted by Gasteiger charge is -2.43. The minimum Gasteiger partial charge on any atom is -0.488 e. The molecule has 3 N–H and O–H groups in total. The number of nitrogens with one attached hydrogen (secondary N) is 1. The molecule has 0 heterocycles. The Morgan fingerprint density at radius 1 is 1.33 bits per heavy atom. The Balaban J connectivity index is 1.48. The third-order valence-electron chi connectivity index (χ3n) is 5.51. The fraction of sp³-hybridized carbons (Fsp3) is 0.632. The molecule has 3 unspecified atom stereocenters. The summed E-state index contributed by atoms with van der Waals surface area (Å²) in [6, 6.07) is 8.07. The number of hydrogen-bond acceptors (Lipinski definition) is 3. The zero-order chi connectivity index (χ0) is 17.1. The van der Waals surface area contributed by atoms with E-state index in [1.165, 1.54) is 19.3 Å². The molecule has 0 radical (unpaired) electrons. The van der Waals surface area contributed by atoms with E-state index < -0.39 is 0 Å². The van der Waals surface area contributed by atoms with Crippen molar-refractivity contribution < 1.29 is 9.53 Å². The quantitative estimate of drug-likeness (QED) is 0.802. The van der Waals surface area contributed by atoms with Crippen LogP contribution in [0.15, 0.2) is 28.7 Å². The topological polar surface area (TPSA) is 64.4 Å². The Bertz CT molecular complexity index is 566. The summed E-state index contributed by atoms with van der Waals surface area (Å²) < 4.78 is 6.82. The fourth-order valence-corrected chi connectivity index (χ4v) is 4.57. The summed E-state index contributed by atoms with van der Waals surface area (Å²) in [5.41, 5.74) is 6.31. The molecule has 24 heavy (non-hydrogen) atoms. The van der Waals surface area contributed by atoms with E-state index in [1.807, 2.05) is 31.2 Å². The highest BCUT2D eigenvalue weighted by Crippen LogP contribution is 2.41. The summed E-state index contributed by atoms with van der Waals surface area (Å²) in [7, 11) is 0. The van der Waals surface area contributed by atoms with Gasteiger partial charge in [0.1, 0.15) is 11.9 Å². The maximum Gasteiger partial charge on any atom is 0.223 e. The number of halogens is 1. The van der Waals surface area contributed by atoms with Crippen LogP contribution in [-0.4, -0.2) is 24.6 Å². The molecule has 0 spiro atoms. The first-order valence-electron chi connectivity index (χ1n) is 8.99. The van der Waals surface area contributed by atoms with E-state index in [4.69, 9.17) is 10.5 Å². The van der Waals surface area contributed by atoms with Gasteiger partial charge >= 0.3 is 0 Å². The molecular formula is C19H27BrN2O2. The van der Waals surface area contributed by atoms with Crippen LogP contribution >= 0.6 is 15.9 Å². The van der Waals surface area contributed by atoms with E-state index in [-0.39, 0.29) is 17.9 Å². The summed E-state index contributed by atoms with van der Waals surface area (Å²) in [5.74, 6) is 2.15. The SMILES string of the molecule is CC(CNC(=O)C1CC2CCCC(C1)C2N)Oc1ccccc1Br. The maximum atomic E-state index is 12.5. The summed E-state index contributed by atoms with van der Waals surface area (Å²) in [5, 5.41) is 3.08. The smallest absolute Gasteiger partial charge is 0.223 e. The number of fused-ring (bicyclic) bond motifs is 2. The normalized spacial score (nSPS) is 30.5. The number of nitrogens with two attached hydrogens (primary N) is 1. The van der Waals surface area contributed by atoms with Crippen LogP contribution in [0.25, 0.3) is 0 Å². The van der Waals surface area contributed by atoms with Gasteiger partial charge in [-0.2, -0.15) is 0 Å². The molecule has 2 aliphatic carbocycles. The molecule has 5 heteroatoms. The first-order valence-corrected chi connectivity index (χ1v) is 9.78. The van der Waals surface area contributed by atoms with Crippen molar-refractivity contribution in [3.05, 3.63) is 28.7 Å². The Labute approximate surface area is 152 Å². The fourth-order valence-electron chi connectivity index (χ4n) is 4.19. The summed E-state index contributed by atoms with van der Waals surface area (Å²) in [4.78, 5) is 12.5. The number of carbonyl (C=O) groups excluding carboxylic acids is 1. The van der Waals surface area contributed by atoms with Crippen molar-refractivity contribution in [3.8, 4) is 5.75 Å². The van der Waals surface area contributed by atoms with Crippen molar-refractivity contribution in [2.24, 2.45) is 23.5 Å². The molecule has 132 valence electrons. The van der Waals surface area contributed by atoms with Crippen molar-refractivity contribution in [3.63, 3.8) is 0 Å². The minimum absolute atomic E-state index is 0.0713. The molecule has 0 aliphatic heterocycles. The number of ether oxygens (including phenoxy) is 1. The van der Waals surface area contributed by atoms with Gasteiger partial charge in [-0.3, -0.25) is 4.79 Å². The van der Waals surface area contributed by atoms with Gasteiger partial charge in [-0.05, 0) is 72.5 Å². The third kappa shape index (κ3) is 4.12. The Morgan fingerprint density at radius 2 is 2.00 bits per heavy atom. The van der Waals surface area contributed by atoms with Crippen LogP contribution in [0.1, 0.15) is 39.0 Å². The van der Waals surface area contributed by atoms with Gasteiger partial charge in [0.2, 0.25) is 5.91 Å². The minimum atomic E-state index is -0.0713. The lowest BCUT2D eigenvalue weighted by atomic mass is 9.65. The molecular weight excluding hydrogens is 368 g/mol. The van der Waals surface area contributed by atoms with E-state index in [0.29, 0.717) is 24.4 Å². The van der Waals surface area contributed by atoms with Gasteiger partial charge in [0.15, 0.2) is 0 Å². The molecule has 3 atom stereocenters. The average Bonchev–Trinajstić information content (AvgIpc) is 2.54. The van der Waals surface area contributed by atoms with Gasteiger partial charge in [-0.25, -0.2) is 0 Å². The van der Waals surface area contributed by atoms with Crippen molar-refractivity contribution >= 4 is 21.8 Å². The average molecular weight is 395 g/mol. The highest BCUT2D eigenvalue weighted by atomic mass is 79.9. The van der Waals surface area contributed by atoms with Crippen LogP contribution in [0.5, 0.6) is 5.75 Å². The Kier molecular flexibility index (Phi) is 5.82. The molecule has 3 rings (SSSR count). The van der Waals surface area contributed by atoms with Gasteiger partial charge in [-0.15, -0.1) is 0 Å². The van der Waals surface area contributed by atoms with E-state index in [1.54, 1.807) is 0 Å². The largest absolute Gasteiger partial charge is 0.488 e.